The summed E-state index contributed by atoms with van der Waals surface area (Å²) in [4.78, 5) is 16.5. The standard InChI is InChI=1S/C14H19ClN2O2/c1-14(2)9-17(7-6-16(14)3)13(19)10-4-5-12(18)11(15)8-10/h4-5,8,18H,6-7,9H2,1-3H3. The third-order valence-corrected chi connectivity index (χ3v) is 4.10. The quantitative estimate of drug-likeness (QED) is 0.859. The SMILES string of the molecule is CN1CCN(C(=O)c2ccc(O)c(Cl)c2)CC1(C)C. The zero-order chi connectivity index (χ0) is 14.2. The van der Waals surface area contributed by atoms with E-state index in [0.717, 1.165) is 6.54 Å². The molecular weight excluding hydrogens is 264 g/mol. The smallest absolute Gasteiger partial charge is 0.254 e. The van der Waals surface area contributed by atoms with Crippen LogP contribution in [-0.2, 0) is 0 Å². The van der Waals surface area contributed by atoms with Gasteiger partial charge in [0, 0.05) is 30.7 Å². The summed E-state index contributed by atoms with van der Waals surface area (Å²) in [7, 11) is 2.07. The highest BCUT2D eigenvalue weighted by Gasteiger charge is 2.33. The Labute approximate surface area is 118 Å². The summed E-state index contributed by atoms with van der Waals surface area (Å²) < 4.78 is 0. The van der Waals surface area contributed by atoms with Crippen molar-refractivity contribution in [1.29, 1.82) is 0 Å². The maximum Gasteiger partial charge on any atom is 0.254 e. The van der Waals surface area contributed by atoms with Crippen molar-refractivity contribution in [3.8, 4) is 5.75 Å². The van der Waals surface area contributed by atoms with Crippen LogP contribution in [0.4, 0.5) is 0 Å². The summed E-state index contributed by atoms with van der Waals surface area (Å²) in [5, 5.41) is 9.60. The van der Waals surface area contributed by atoms with E-state index in [-0.39, 0.29) is 22.2 Å². The topological polar surface area (TPSA) is 43.8 Å². The Kier molecular flexibility index (Phi) is 3.74. The van der Waals surface area contributed by atoms with E-state index in [2.05, 4.69) is 25.8 Å². The number of amides is 1. The first-order valence-electron chi connectivity index (χ1n) is 6.30. The molecule has 1 amide bonds. The van der Waals surface area contributed by atoms with Crippen molar-refractivity contribution in [3.05, 3.63) is 28.8 Å². The van der Waals surface area contributed by atoms with Crippen LogP contribution in [0.2, 0.25) is 5.02 Å². The number of rotatable bonds is 1. The van der Waals surface area contributed by atoms with Gasteiger partial charge in [0.1, 0.15) is 5.75 Å². The van der Waals surface area contributed by atoms with Gasteiger partial charge in [0.2, 0.25) is 0 Å². The van der Waals surface area contributed by atoms with Gasteiger partial charge in [-0.3, -0.25) is 9.69 Å². The number of benzene rings is 1. The molecule has 1 heterocycles. The Morgan fingerprint density at radius 2 is 2.05 bits per heavy atom. The molecule has 0 saturated carbocycles. The van der Waals surface area contributed by atoms with E-state index in [1.807, 2.05) is 4.90 Å². The molecule has 1 aromatic carbocycles. The molecule has 1 aliphatic heterocycles. The molecule has 0 aromatic heterocycles. The van der Waals surface area contributed by atoms with Crippen molar-refractivity contribution in [2.75, 3.05) is 26.7 Å². The van der Waals surface area contributed by atoms with Gasteiger partial charge in [-0.05, 0) is 39.1 Å². The number of halogens is 1. The molecule has 1 N–H and O–H groups in total. The predicted octanol–water partition coefficient (Wildman–Crippen LogP) is 2.21. The largest absolute Gasteiger partial charge is 0.506 e. The molecule has 1 aromatic rings. The van der Waals surface area contributed by atoms with Gasteiger partial charge in [0.05, 0.1) is 5.02 Å². The van der Waals surface area contributed by atoms with Gasteiger partial charge in [-0.1, -0.05) is 11.6 Å². The lowest BCUT2D eigenvalue weighted by Crippen LogP contribution is -2.58. The molecular formula is C14H19ClN2O2. The molecule has 0 radical (unpaired) electrons. The maximum absolute atomic E-state index is 12.4. The Hall–Kier alpha value is -1.26. The van der Waals surface area contributed by atoms with Gasteiger partial charge in [0.15, 0.2) is 0 Å². The molecule has 4 nitrogen and oxygen atoms in total. The van der Waals surface area contributed by atoms with Gasteiger partial charge in [-0.25, -0.2) is 0 Å². The van der Waals surface area contributed by atoms with Gasteiger partial charge < -0.3 is 10.0 Å². The molecule has 104 valence electrons. The van der Waals surface area contributed by atoms with Gasteiger partial charge in [0.25, 0.3) is 5.91 Å². The van der Waals surface area contributed by atoms with Gasteiger partial charge >= 0.3 is 0 Å². The zero-order valence-electron chi connectivity index (χ0n) is 11.5. The van der Waals surface area contributed by atoms with E-state index < -0.39 is 0 Å². The maximum atomic E-state index is 12.4. The molecule has 19 heavy (non-hydrogen) atoms. The van der Waals surface area contributed by atoms with E-state index in [1.54, 1.807) is 6.07 Å². The van der Waals surface area contributed by atoms with Crippen LogP contribution in [0.15, 0.2) is 18.2 Å². The molecule has 0 spiro atoms. The fourth-order valence-electron chi connectivity index (χ4n) is 2.24. The van der Waals surface area contributed by atoms with Gasteiger partial charge in [-0.15, -0.1) is 0 Å². The average Bonchev–Trinajstić information content (AvgIpc) is 2.35. The highest BCUT2D eigenvalue weighted by molar-refractivity contribution is 6.32. The Balaban J connectivity index is 2.18. The lowest BCUT2D eigenvalue weighted by molar-refractivity contribution is 0.0311. The van der Waals surface area contributed by atoms with Crippen molar-refractivity contribution in [1.82, 2.24) is 9.80 Å². The highest BCUT2D eigenvalue weighted by atomic mass is 35.5. The first-order chi connectivity index (χ1) is 8.81. The third kappa shape index (κ3) is 2.85. The summed E-state index contributed by atoms with van der Waals surface area (Å²) in [5.41, 5.74) is 0.484. The number of phenols is 1. The number of likely N-dealkylation sites (N-methyl/N-ethyl adjacent to an activating group) is 1. The number of aromatic hydroxyl groups is 1. The number of piperazine rings is 1. The third-order valence-electron chi connectivity index (χ3n) is 3.80. The molecule has 1 aliphatic rings. The molecule has 5 heteroatoms. The van der Waals surface area contributed by atoms with Crippen LogP contribution in [-0.4, -0.2) is 53.0 Å². The summed E-state index contributed by atoms with van der Waals surface area (Å²) in [6, 6.07) is 4.58. The van der Waals surface area contributed by atoms with Crippen LogP contribution >= 0.6 is 11.6 Å². The van der Waals surface area contributed by atoms with Crippen molar-refractivity contribution < 1.29 is 9.90 Å². The van der Waals surface area contributed by atoms with Crippen LogP contribution in [0.25, 0.3) is 0 Å². The minimum Gasteiger partial charge on any atom is -0.506 e. The van der Waals surface area contributed by atoms with Crippen molar-refractivity contribution in [2.24, 2.45) is 0 Å². The molecule has 0 atom stereocenters. The number of phenolic OH excluding ortho intramolecular Hbond substituents is 1. The number of nitrogens with zero attached hydrogens (tertiary/aromatic N) is 2. The summed E-state index contributed by atoms with van der Waals surface area (Å²) >= 11 is 5.85. The summed E-state index contributed by atoms with van der Waals surface area (Å²) in [5.74, 6) is -0.0417. The minimum atomic E-state index is -0.0388. The van der Waals surface area contributed by atoms with E-state index in [9.17, 15) is 9.90 Å². The van der Waals surface area contributed by atoms with E-state index >= 15 is 0 Å². The molecule has 0 aliphatic carbocycles. The fourth-order valence-corrected chi connectivity index (χ4v) is 2.42. The van der Waals surface area contributed by atoms with Crippen LogP contribution in [0, 0.1) is 0 Å². The first kappa shape index (κ1) is 14.2. The number of carbonyl (C=O) groups is 1. The number of hydrogen-bond acceptors (Lipinski definition) is 3. The lowest BCUT2D eigenvalue weighted by Gasteiger charge is -2.45. The second-order valence-corrected chi connectivity index (χ2v) is 6.03. The predicted molar refractivity (Wildman–Crippen MR) is 75.7 cm³/mol. The monoisotopic (exact) mass is 282 g/mol. The molecule has 0 unspecified atom stereocenters. The molecule has 1 fully saturated rings. The van der Waals surface area contributed by atoms with Crippen LogP contribution in [0.5, 0.6) is 5.75 Å². The highest BCUT2D eigenvalue weighted by Crippen LogP contribution is 2.26. The number of carbonyl (C=O) groups excluding carboxylic acids is 1. The zero-order valence-corrected chi connectivity index (χ0v) is 12.2. The van der Waals surface area contributed by atoms with Crippen molar-refractivity contribution in [3.63, 3.8) is 0 Å². The van der Waals surface area contributed by atoms with Crippen LogP contribution in [0.1, 0.15) is 24.2 Å². The Bertz CT molecular complexity index is 502. The Morgan fingerprint density at radius 3 is 2.63 bits per heavy atom. The molecule has 2 rings (SSSR count). The fraction of sp³-hybridized carbons (Fsp3) is 0.500. The minimum absolute atomic E-state index is 0.00285. The van der Waals surface area contributed by atoms with E-state index in [4.69, 9.17) is 11.6 Å². The average molecular weight is 283 g/mol. The second kappa shape index (κ2) is 5.02. The first-order valence-corrected chi connectivity index (χ1v) is 6.68. The van der Waals surface area contributed by atoms with Crippen LogP contribution < -0.4 is 0 Å². The van der Waals surface area contributed by atoms with E-state index in [0.29, 0.717) is 18.7 Å². The normalized spacial score (nSPS) is 19.5. The van der Waals surface area contributed by atoms with Crippen LogP contribution in [0.3, 0.4) is 0 Å². The lowest BCUT2D eigenvalue weighted by atomic mass is 9.99. The molecule has 1 saturated heterocycles. The van der Waals surface area contributed by atoms with E-state index in [1.165, 1.54) is 12.1 Å². The van der Waals surface area contributed by atoms with Crippen molar-refractivity contribution in [2.45, 2.75) is 19.4 Å². The van der Waals surface area contributed by atoms with Crippen molar-refractivity contribution >= 4 is 17.5 Å². The Morgan fingerprint density at radius 1 is 1.37 bits per heavy atom. The summed E-state index contributed by atoms with van der Waals surface area (Å²) in [6.45, 7) is 6.48. The number of hydrogen-bond donors (Lipinski definition) is 1. The molecule has 0 bridgehead atoms. The summed E-state index contributed by atoms with van der Waals surface area (Å²) in [6.07, 6.45) is 0. The van der Waals surface area contributed by atoms with Gasteiger partial charge in [-0.2, -0.15) is 0 Å². The second-order valence-electron chi connectivity index (χ2n) is 5.63.